The molecule has 1 saturated heterocycles. The molecule has 0 radical (unpaired) electrons. The Hall–Kier alpha value is -1.66. The Labute approximate surface area is 130 Å². The lowest BCUT2D eigenvalue weighted by Crippen LogP contribution is -3.14. The fourth-order valence-corrected chi connectivity index (χ4v) is 2.40. The van der Waals surface area contributed by atoms with Crippen LogP contribution in [0.15, 0.2) is 24.3 Å². The van der Waals surface area contributed by atoms with Crippen molar-refractivity contribution in [3.05, 3.63) is 30.1 Å². The number of rotatable bonds is 7. The van der Waals surface area contributed by atoms with Gasteiger partial charge in [0.2, 0.25) is 0 Å². The zero-order valence-electron chi connectivity index (χ0n) is 12.9. The summed E-state index contributed by atoms with van der Waals surface area (Å²) in [5, 5.41) is 2.87. The molecule has 0 aromatic heterocycles. The van der Waals surface area contributed by atoms with Crippen molar-refractivity contribution in [2.24, 2.45) is 0 Å². The average Bonchev–Trinajstić information content (AvgIpc) is 2.55. The first-order chi connectivity index (χ1) is 10.7. The molecule has 1 aliphatic rings. The zero-order chi connectivity index (χ0) is 15.8. The molecule has 1 heterocycles. The summed E-state index contributed by atoms with van der Waals surface area (Å²) in [6.45, 7) is 6.79. The van der Waals surface area contributed by atoms with Crippen molar-refractivity contribution in [1.82, 2.24) is 5.32 Å². The Morgan fingerprint density at radius 1 is 1.41 bits per heavy atom. The molecule has 1 aromatic carbocycles. The third-order valence-electron chi connectivity index (χ3n) is 3.75. The van der Waals surface area contributed by atoms with Crippen LogP contribution in [-0.2, 0) is 9.53 Å². The van der Waals surface area contributed by atoms with Gasteiger partial charge < -0.3 is 19.7 Å². The van der Waals surface area contributed by atoms with E-state index in [4.69, 9.17) is 9.47 Å². The van der Waals surface area contributed by atoms with Crippen molar-refractivity contribution >= 4 is 5.91 Å². The summed E-state index contributed by atoms with van der Waals surface area (Å²) in [4.78, 5) is 13.6. The normalized spacial score (nSPS) is 17.0. The minimum Gasteiger partial charge on any atom is -0.478 e. The number of hydrogen-bond donors (Lipinski definition) is 2. The van der Waals surface area contributed by atoms with E-state index in [0.717, 1.165) is 32.8 Å². The topological polar surface area (TPSA) is 52.0 Å². The Kier molecular flexibility index (Phi) is 6.61. The summed E-state index contributed by atoms with van der Waals surface area (Å²) in [6, 6.07) is 6.13. The Balaban J connectivity index is 1.77. The van der Waals surface area contributed by atoms with Crippen LogP contribution in [0.3, 0.4) is 0 Å². The summed E-state index contributed by atoms with van der Waals surface area (Å²) in [6.07, 6.45) is -0.179. The van der Waals surface area contributed by atoms with Gasteiger partial charge in [0.25, 0.3) is 5.91 Å². The number of para-hydroxylation sites is 1. The van der Waals surface area contributed by atoms with E-state index in [2.05, 4.69) is 5.32 Å². The first kappa shape index (κ1) is 16.7. The Bertz CT molecular complexity index is 478. The fraction of sp³-hybridized carbons (Fsp3) is 0.562. The number of amides is 1. The molecule has 1 aliphatic heterocycles. The predicted octanol–water partition coefficient (Wildman–Crippen LogP) is 0.0144. The number of ether oxygens (including phenoxy) is 2. The zero-order valence-corrected chi connectivity index (χ0v) is 12.9. The molecule has 1 fully saturated rings. The fourth-order valence-electron chi connectivity index (χ4n) is 2.40. The number of hydrogen-bond acceptors (Lipinski definition) is 3. The molecule has 5 nitrogen and oxygen atoms in total. The van der Waals surface area contributed by atoms with Gasteiger partial charge in [-0.25, -0.2) is 4.39 Å². The molecule has 0 unspecified atom stereocenters. The van der Waals surface area contributed by atoms with E-state index in [9.17, 15) is 9.18 Å². The van der Waals surface area contributed by atoms with E-state index >= 15 is 0 Å². The molecule has 2 N–H and O–H groups in total. The van der Waals surface area contributed by atoms with E-state index in [-0.39, 0.29) is 11.7 Å². The third kappa shape index (κ3) is 4.96. The Morgan fingerprint density at radius 3 is 2.82 bits per heavy atom. The highest BCUT2D eigenvalue weighted by Gasteiger charge is 2.20. The lowest BCUT2D eigenvalue weighted by Gasteiger charge is -2.24. The van der Waals surface area contributed by atoms with Crippen molar-refractivity contribution in [3.63, 3.8) is 0 Å². The smallest absolute Gasteiger partial charge is 0.261 e. The van der Waals surface area contributed by atoms with Gasteiger partial charge >= 0.3 is 0 Å². The number of halogens is 1. The minimum absolute atomic E-state index is 0.114. The molecule has 0 spiro atoms. The maximum atomic E-state index is 13.6. The van der Waals surface area contributed by atoms with Crippen LogP contribution < -0.4 is 15.0 Å². The van der Waals surface area contributed by atoms with Crippen LogP contribution in [0.25, 0.3) is 0 Å². The lowest BCUT2D eigenvalue weighted by atomic mass is 10.2. The van der Waals surface area contributed by atoms with Gasteiger partial charge in [0, 0.05) is 0 Å². The van der Waals surface area contributed by atoms with Crippen LogP contribution in [-0.4, -0.2) is 51.4 Å². The van der Waals surface area contributed by atoms with Crippen molar-refractivity contribution in [2.45, 2.75) is 19.4 Å². The monoisotopic (exact) mass is 311 g/mol. The van der Waals surface area contributed by atoms with Crippen molar-refractivity contribution in [1.29, 1.82) is 0 Å². The Morgan fingerprint density at radius 2 is 2.14 bits per heavy atom. The number of carbonyl (C=O) groups excluding carboxylic acids is 1. The summed E-state index contributed by atoms with van der Waals surface area (Å²) < 4.78 is 24.4. The quantitative estimate of drug-likeness (QED) is 0.746. The van der Waals surface area contributed by atoms with E-state index in [0.29, 0.717) is 13.0 Å². The summed E-state index contributed by atoms with van der Waals surface area (Å²) >= 11 is 0. The second-order valence-electron chi connectivity index (χ2n) is 5.35. The first-order valence-corrected chi connectivity index (χ1v) is 7.81. The maximum absolute atomic E-state index is 13.6. The second-order valence-corrected chi connectivity index (χ2v) is 5.35. The highest BCUT2D eigenvalue weighted by atomic mass is 19.1. The summed E-state index contributed by atoms with van der Waals surface area (Å²) in [7, 11) is 0. The standard InChI is InChI=1S/C16H23FN2O3/c1-2-14(22-15-6-4-3-5-13(15)17)16(20)18-7-8-19-9-11-21-12-10-19/h3-6,14H,2,7-12H2,1H3,(H,18,20)/p+1/t14-/m0/s1. The van der Waals surface area contributed by atoms with E-state index in [1.165, 1.54) is 17.0 Å². The van der Waals surface area contributed by atoms with Gasteiger partial charge in [-0.15, -0.1) is 0 Å². The predicted molar refractivity (Wildman–Crippen MR) is 80.5 cm³/mol. The van der Waals surface area contributed by atoms with Gasteiger partial charge in [0.05, 0.1) is 26.3 Å². The average molecular weight is 311 g/mol. The van der Waals surface area contributed by atoms with Crippen LogP contribution in [0.1, 0.15) is 13.3 Å². The van der Waals surface area contributed by atoms with Gasteiger partial charge in [0.15, 0.2) is 17.7 Å². The van der Waals surface area contributed by atoms with Crippen molar-refractivity contribution in [3.8, 4) is 5.75 Å². The largest absolute Gasteiger partial charge is 0.478 e. The second kappa shape index (κ2) is 8.70. The third-order valence-corrected chi connectivity index (χ3v) is 3.75. The number of morpholine rings is 1. The number of carbonyl (C=O) groups is 1. The van der Waals surface area contributed by atoms with E-state index < -0.39 is 11.9 Å². The molecule has 1 aromatic rings. The molecule has 6 heteroatoms. The van der Waals surface area contributed by atoms with Crippen LogP contribution in [0, 0.1) is 5.82 Å². The molecule has 122 valence electrons. The molecule has 0 aliphatic carbocycles. The molecule has 2 rings (SSSR count). The van der Waals surface area contributed by atoms with Crippen molar-refractivity contribution < 1.29 is 23.6 Å². The molecule has 1 atom stereocenters. The highest BCUT2D eigenvalue weighted by Crippen LogP contribution is 2.17. The number of benzene rings is 1. The number of quaternary nitrogens is 1. The molecule has 0 bridgehead atoms. The summed E-state index contributed by atoms with van der Waals surface area (Å²) in [5.74, 6) is -0.534. The van der Waals surface area contributed by atoms with Gasteiger partial charge in [-0.05, 0) is 18.6 Å². The van der Waals surface area contributed by atoms with E-state index in [1.54, 1.807) is 12.1 Å². The SMILES string of the molecule is CC[C@H](Oc1ccccc1F)C(=O)NCC[NH+]1CCOCC1. The molecule has 0 saturated carbocycles. The van der Waals surface area contributed by atoms with Gasteiger partial charge in [-0.3, -0.25) is 4.79 Å². The van der Waals surface area contributed by atoms with E-state index in [1.807, 2.05) is 6.92 Å². The molecule has 22 heavy (non-hydrogen) atoms. The van der Waals surface area contributed by atoms with Crippen LogP contribution >= 0.6 is 0 Å². The van der Waals surface area contributed by atoms with Crippen LogP contribution in [0.2, 0.25) is 0 Å². The molecule has 1 amide bonds. The van der Waals surface area contributed by atoms with Gasteiger partial charge in [-0.2, -0.15) is 0 Å². The molecular weight excluding hydrogens is 287 g/mol. The van der Waals surface area contributed by atoms with Gasteiger partial charge in [0.1, 0.15) is 13.1 Å². The van der Waals surface area contributed by atoms with Crippen LogP contribution in [0.5, 0.6) is 5.75 Å². The highest BCUT2D eigenvalue weighted by molar-refractivity contribution is 5.81. The van der Waals surface area contributed by atoms with Gasteiger partial charge in [-0.1, -0.05) is 19.1 Å². The molecular formula is C16H24FN2O3+. The number of nitrogens with one attached hydrogen (secondary N) is 2. The lowest BCUT2D eigenvalue weighted by molar-refractivity contribution is -0.906. The maximum Gasteiger partial charge on any atom is 0.261 e. The van der Waals surface area contributed by atoms with Crippen LogP contribution in [0.4, 0.5) is 4.39 Å². The first-order valence-electron chi connectivity index (χ1n) is 7.81. The van der Waals surface area contributed by atoms with Crippen molar-refractivity contribution in [2.75, 3.05) is 39.4 Å². The minimum atomic E-state index is -0.670. The summed E-state index contributed by atoms with van der Waals surface area (Å²) in [5.41, 5.74) is 0.